The van der Waals surface area contributed by atoms with E-state index in [1.54, 1.807) is 11.6 Å². The van der Waals surface area contributed by atoms with Gasteiger partial charge in [0, 0.05) is 37.3 Å². The number of likely N-dealkylation sites (N-methyl/N-ethyl adjacent to an activating group) is 1. The Balaban J connectivity index is 1.68. The predicted octanol–water partition coefficient (Wildman–Crippen LogP) is 1.36. The number of hydrogen-bond donors (Lipinski definition) is 2. The van der Waals surface area contributed by atoms with E-state index in [9.17, 15) is 9.59 Å². The van der Waals surface area contributed by atoms with Crippen LogP contribution in [0.2, 0.25) is 0 Å². The van der Waals surface area contributed by atoms with Gasteiger partial charge in [0.15, 0.2) is 0 Å². The SMILES string of the molecule is CCNC(=O)[C@@H]1C[C@@H](NC(=O)c2csc(C)n2)CN1Cc1ccccn1. The van der Waals surface area contributed by atoms with Crippen LogP contribution < -0.4 is 10.6 Å². The molecule has 3 heterocycles. The Kier molecular flexibility index (Phi) is 5.95. The number of thiazole rings is 1. The van der Waals surface area contributed by atoms with Crippen LogP contribution in [0.1, 0.15) is 34.5 Å². The summed E-state index contributed by atoms with van der Waals surface area (Å²) in [4.78, 5) is 35.5. The molecule has 2 aromatic heterocycles. The lowest BCUT2D eigenvalue weighted by Crippen LogP contribution is -2.42. The molecule has 0 saturated carbocycles. The van der Waals surface area contributed by atoms with Crippen molar-refractivity contribution in [3.8, 4) is 0 Å². The molecular formula is C18H23N5O2S. The van der Waals surface area contributed by atoms with Crippen molar-refractivity contribution in [2.45, 2.75) is 38.9 Å². The zero-order valence-corrected chi connectivity index (χ0v) is 15.8. The Hall–Kier alpha value is -2.32. The number of carbonyl (C=O) groups excluding carboxylic acids is 2. The molecule has 138 valence electrons. The second kappa shape index (κ2) is 8.37. The highest BCUT2D eigenvalue weighted by molar-refractivity contribution is 7.09. The van der Waals surface area contributed by atoms with Crippen LogP contribution in [0.5, 0.6) is 0 Å². The molecule has 0 aliphatic carbocycles. The van der Waals surface area contributed by atoms with Crippen LogP contribution in [0.3, 0.4) is 0 Å². The van der Waals surface area contributed by atoms with E-state index in [1.807, 2.05) is 32.0 Å². The number of amides is 2. The Morgan fingerprint density at radius 3 is 2.88 bits per heavy atom. The summed E-state index contributed by atoms with van der Waals surface area (Å²) in [5.41, 5.74) is 1.34. The van der Waals surface area contributed by atoms with Gasteiger partial charge in [-0.3, -0.25) is 19.5 Å². The largest absolute Gasteiger partial charge is 0.355 e. The number of nitrogens with one attached hydrogen (secondary N) is 2. The van der Waals surface area contributed by atoms with Gasteiger partial charge >= 0.3 is 0 Å². The molecule has 7 nitrogen and oxygen atoms in total. The lowest BCUT2D eigenvalue weighted by molar-refractivity contribution is -0.125. The number of hydrogen-bond acceptors (Lipinski definition) is 6. The summed E-state index contributed by atoms with van der Waals surface area (Å²) in [6.45, 7) is 5.54. The van der Waals surface area contributed by atoms with Crippen LogP contribution in [-0.4, -0.2) is 51.9 Å². The molecule has 26 heavy (non-hydrogen) atoms. The van der Waals surface area contributed by atoms with E-state index in [0.717, 1.165) is 10.7 Å². The zero-order valence-electron chi connectivity index (χ0n) is 14.9. The van der Waals surface area contributed by atoms with Gasteiger partial charge in [-0.05, 0) is 32.4 Å². The van der Waals surface area contributed by atoms with Crippen LogP contribution in [0.4, 0.5) is 0 Å². The summed E-state index contributed by atoms with van der Waals surface area (Å²) in [6.07, 6.45) is 2.32. The van der Waals surface area contributed by atoms with E-state index in [0.29, 0.717) is 31.7 Å². The first-order valence-electron chi connectivity index (χ1n) is 8.71. The van der Waals surface area contributed by atoms with E-state index in [4.69, 9.17) is 0 Å². The molecule has 8 heteroatoms. The van der Waals surface area contributed by atoms with Crippen molar-refractivity contribution in [1.82, 2.24) is 25.5 Å². The van der Waals surface area contributed by atoms with Gasteiger partial charge in [0.25, 0.3) is 5.91 Å². The predicted molar refractivity (Wildman–Crippen MR) is 99.8 cm³/mol. The number of pyridine rings is 1. The molecule has 2 atom stereocenters. The fraction of sp³-hybridized carbons (Fsp3) is 0.444. The van der Waals surface area contributed by atoms with Crippen LogP contribution in [0.25, 0.3) is 0 Å². The Bertz CT molecular complexity index is 764. The minimum absolute atomic E-state index is 0.00955. The molecular weight excluding hydrogens is 350 g/mol. The van der Waals surface area contributed by atoms with E-state index in [-0.39, 0.29) is 23.9 Å². The van der Waals surface area contributed by atoms with Crippen molar-refractivity contribution in [1.29, 1.82) is 0 Å². The molecule has 0 radical (unpaired) electrons. The van der Waals surface area contributed by atoms with Crippen LogP contribution in [0.15, 0.2) is 29.8 Å². The van der Waals surface area contributed by atoms with Gasteiger partial charge in [-0.15, -0.1) is 11.3 Å². The quantitative estimate of drug-likeness (QED) is 0.798. The van der Waals surface area contributed by atoms with Crippen molar-refractivity contribution in [2.75, 3.05) is 13.1 Å². The van der Waals surface area contributed by atoms with Gasteiger partial charge in [0.1, 0.15) is 5.69 Å². The molecule has 1 aliphatic heterocycles. The van der Waals surface area contributed by atoms with Crippen LogP contribution in [-0.2, 0) is 11.3 Å². The standard InChI is InChI=1S/C18H23N5O2S/c1-3-19-18(25)16-8-14(22-17(24)15-11-26-12(2)21-15)10-23(16)9-13-6-4-5-7-20-13/h4-7,11,14,16H,3,8-10H2,1-2H3,(H,19,25)(H,22,24)/t14-,16+/m1/s1. The summed E-state index contributed by atoms with van der Waals surface area (Å²) < 4.78 is 0. The van der Waals surface area contributed by atoms with Crippen LogP contribution >= 0.6 is 11.3 Å². The molecule has 0 bridgehead atoms. The average molecular weight is 373 g/mol. The van der Waals surface area contributed by atoms with Crippen molar-refractivity contribution >= 4 is 23.2 Å². The van der Waals surface area contributed by atoms with E-state index in [1.165, 1.54) is 11.3 Å². The van der Waals surface area contributed by atoms with Gasteiger partial charge in [0.05, 0.1) is 16.7 Å². The zero-order chi connectivity index (χ0) is 18.5. The van der Waals surface area contributed by atoms with E-state index in [2.05, 4.69) is 25.5 Å². The summed E-state index contributed by atoms with van der Waals surface area (Å²) in [7, 11) is 0. The Morgan fingerprint density at radius 1 is 1.38 bits per heavy atom. The van der Waals surface area contributed by atoms with Gasteiger partial charge in [-0.2, -0.15) is 0 Å². The molecule has 2 amide bonds. The first-order valence-corrected chi connectivity index (χ1v) is 9.59. The molecule has 2 aromatic rings. The normalized spacial score (nSPS) is 20.1. The van der Waals surface area contributed by atoms with E-state index < -0.39 is 0 Å². The smallest absolute Gasteiger partial charge is 0.271 e. The molecule has 3 rings (SSSR count). The van der Waals surface area contributed by atoms with Gasteiger partial charge in [-0.25, -0.2) is 4.98 Å². The van der Waals surface area contributed by atoms with Crippen molar-refractivity contribution in [3.63, 3.8) is 0 Å². The minimum atomic E-state index is -0.278. The lowest BCUT2D eigenvalue weighted by atomic mass is 10.1. The monoisotopic (exact) mass is 373 g/mol. The highest BCUT2D eigenvalue weighted by atomic mass is 32.1. The molecule has 2 N–H and O–H groups in total. The summed E-state index contributed by atoms with van der Waals surface area (Å²) in [6, 6.07) is 5.37. The second-order valence-electron chi connectivity index (χ2n) is 6.32. The van der Waals surface area contributed by atoms with Crippen molar-refractivity contribution < 1.29 is 9.59 Å². The highest BCUT2D eigenvalue weighted by Gasteiger charge is 2.37. The first-order chi connectivity index (χ1) is 12.6. The number of likely N-dealkylation sites (tertiary alicyclic amines) is 1. The molecule has 0 unspecified atom stereocenters. The average Bonchev–Trinajstić information content (AvgIpc) is 3.22. The maximum absolute atomic E-state index is 12.5. The topological polar surface area (TPSA) is 87.2 Å². The van der Waals surface area contributed by atoms with Gasteiger partial charge < -0.3 is 10.6 Å². The van der Waals surface area contributed by atoms with Crippen LogP contribution in [0, 0.1) is 6.92 Å². The van der Waals surface area contributed by atoms with Gasteiger partial charge in [0.2, 0.25) is 5.91 Å². The number of aromatic nitrogens is 2. The third kappa shape index (κ3) is 4.44. The summed E-state index contributed by atoms with van der Waals surface area (Å²) >= 11 is 1.45. The molecule has 1 fully saturated rings. The number of aryl methyl sites for hydroxylation is 1. The number of nitrogens with zero attached hydrogens (tertiary/aromatic N) is 3. The van der Waals surface area contributed by atoms with Crippen molar-refractivity contribution in [2.24, 2.45) is 0 Å². The minimum Gasteiger partial charge on any atom is -0.355 e. The second-order valence-corrected chi connectivity index (χ2v) is 7.38. The fourth-order valence-electron chi connectivity index (χ4n) is 3.17. The first kappa shape index (κ1) is 18.5. The molecule has 0 aromatic carbocycles. The van der Waals surface area contributed by atoms with Crippen molar-refractivity contribution in [3.05, 3.63) is 46.2 Å². The number of carbonyl (C=O) groups is 2. The summed E-state index contributed by atoms with van der Waals surface area (Å²) in [5, 5.41) is 8.52. The Morgan fingerprint density at radius 2 is 2.23 bits per heavy atom. The molecule has 1 saturated heterocycles. The summed E-state index contributed by atoms with van der Waals surface area (Å²) in [5.74, 6) is -0.196. The maximum atomic E-state index is 12.5. The third-order valence-corrected chi connectivity index (χ3v) is 5.11. The third-order valence-electron chi connectivity index (χ3n) is 4.34. The van der Waals surface area contributed by atoms with Gasteiger partial charge in [-0.1, -0.05) is 6.07 Å². The Labute approximate surface area is 156 Å². The highest BCUT2D eigenvalue weighted by Crippen LogP contribution is 2.21. The fourth-order valence-corrected chi connectivity index (χ4v) is 3.77. The number of rotatable bonds is 6. The van der Waals surface area contributed by atoms with E-state index >= 15 is 0 Å². The maximum Gasteiger partial charge on any atom is 0.271 e. The molecule has 0 spiro atoms. The lowest BCUT2D eigenvalue weighted by Gasteiger charge is -2.22. The molecule has 1 aliphatic rings.